The average molecular weight is 146 g/mol. The number of nitrogens with one attached hydrogen (secondary N) is 1. The fraction of sp³-hybridized carbons (Fsp3) is 0.833. The van der Waals surface area contributed by atoms with Crippen molar-refractivity contribution >= 4 is 5.91 Å². The molecule has 0 spiro atoms. The first-order chi connectivity index (χ1) is 4.81. The van der Waals surface area contributed by atoms with Crippen LogP contribution in [0, 0.1) is 0 Å². The van der Waals surface area contributed by atoms with Crippen molar-refractivity contribution in [1.29, 1.82) is 0 Å². The number of carbonyl (C=O) groups is 1. The lowest BCUT2D eigenvalue weighted by molar-refractivity contribution is -0.119. The summed E-state index contributed by atoms with van der Waals surface area (Å²) in [4.78, 5) is 10.1. The van der Waals surface area contributed by atoms with Gasteiger partial charge < -0.3 is 16.2 Å². The molecule has 60 valence electrons. The second kappa shape index (κ2) is 6.51. The summed E-state index contributed by atoms with van der Waals surface area (Å²) < 4.78 is 0. The predicted octanol–water partition coefficient (Wildman–Crippen LogP) is -1.17. The Balaban J connectivity index is 0.000000180. The summed E-state index contributed by atoms with van der Waals surface area (Å²) in [5.74, 6) is 0.204. The number of nitrogens with two attached hydrogens (primary N) is 1. The van der Waals surface area contributed by atoms with Crippen molar-refractivity contribution in [2.24, 2.45) is 5.73 Å². The molecule has 0 atom stereocenters. The highest BCUT2D eigenvalue weighted by atomic mass is 16.3. The molecule has 4 nitrogen and oxygen atoms in total. The topological polar surface area (TPSA) is 75.3 Å². The smallest absolute Gasteiger partial charge is 0.220 e. The molecule has 0 saturated carbocycles. The Bertz CT molecular complexity index is 85.7. The van der Waals surface area contributed by atoms with Crippen molar-refractivity contribution in [3.63, 3.8) is 0 Å². The first-order valence-electron chi connectivity index (χ1n) is 3.39. The van der Waals surface area contributed by atoms with Crippen LogP contribution in [-0.4, -0.2) is 30.7 Å². The van der Waals surface area contributed by atoms with Gasteiger partial charge in [0.15, 0.2) is 0 Å². The minimum atomic E-state index is 0.0972. The van der Waals surface area contributed by atoms with Crippen molar-refractivity contribution in [3.8, 4) is 0 Å². The fourth-order valence-electron chi connectivity index (χ4n) is 0.565. The van der Waals surface area contributed by atoms with Crippen LogP contribution in [0.1, 0.15) is 12.8 Å². The van der Waals surface area contributed by atoms with Crippen LogP contribution in [0.25, 0.3) is 0 Å². The highest BCUT2D eigenvalue weighted by molar-refractivity contribution is 5.77. The van der Waals surface area contributed by atoms with Gasteiger partial charge in [0, 0.05) is 19.5 Å². The molecule has 4 heteroatoms. The number of amides is 1. The lowest BCUT2D eigenvalue weighted by Gasteiger charge is -1.80. The Hall–Kier alpha value is -0.610. The molecule has 0 aliphatic carbocycles. The molecule has 0 aromatic rings. The molecule has 0 bridgehead atoms. The standard InChI is InChI=1S/C4H7NO.C2H7NO/c6-4-2-1-3-5-4;3-1-2-4/h1-3H2,(H,5,6);4H,1-3H2. The van der Waals surface area contributed by atoms with E-state index in [2.05, 4.69) is 5.32 Å². The van der Waals surface area contributed by atoms with E-state index < -0.39 is 0 Å². The number of aliphatic hydroxyl groups excluding tert-OH is 1. The third-order valence-electron chi connectivity index (χ3n) is 1.03. The highest BCUT2D eigenvalue weighted by Crippen LogP contribution is 1.93. The molecule has 1 rings (SSSR count). The van der Waals surface area contributed by atoms with Gasteiger partial charge >= 0.3 is 0 Å². The Labute approximate surface area is 60.4 Å². The maximum Gasteiger partial charge on any atom is 0.220 e. The molecule has 1 amide bonds. The molecule has 1 heterocycles. The molecule has 0 unspecified atom stereocenters. The zero-order chi connectivity index (χ0) is 7.82. The van der Waals surface area contributed by atoms with E-state index in [0.717, 1.165) is 19.4 Å². The molecule has 1 aliphatic rings. The SMILES string of the molecule is NCCO.O=C1CCCN1. The molecule has 4 N–H and O–H groups in total. The van der Waals surface area contributed by atoms with Gasteiger partial charge in [-0.15, -0.1) is 0 Å². The Morgan fingerprint density at radius 1 is 1.70 bits per heavy atom. The number of carbonyl (C=O) groups excluding carboxylic acids is 1. The van der Waals surface area contributed by atoms with E-state index in [1.165, 1.54) is 0 Å². The van der Waals surface area contributed by atoms with Gasteiger partial charge in [-0.3, -0.25) is 4.79 Å². The fourth-order valence-corrected chi connectivity index (χ4v) is 0.565. The van der Waals surface area contributed by atoms with Gasteiger partial charge in [0.25, 0.3) is 0 Å². The molecule has 10 heavy (non-hydrogen) atoms. The quantitative estimate of drug-likeness (QED) is 0.436. The summed E-state index contributed by atoms with van der Waals surface area (Å²) in [6.45, 7) is 1.36. The molecule has 1 saturated heterocycles. The van der Waals surface area contributed by atoms with Crippen molar-refractivity contribution in [1.82, 2.24) is 5.32 Å². The third kappa shape index (κ3) is 5.53. The lowest BCUT2D eigenvalue weighted by atomic mass is 10.4. The largest absolute Gasteiger partial charge is 0.395 e. The zero-order valence-electron chi connectivity index (χ0n) is 5.97. The third-order valence-corrected chi connectivity index (χ3v) is 1.03. The van der Waals surface area contributed by atoms with Gasteiger partial charge in [0.2, 0.25) is 5.91 Å². The van der Waals surface area contributed by atoms with Gasteiger partial charge in [-0.05, 0) is 6.42 Å². The van der Waals surface area contributed by atoms with Crippen LogP contribution in [0.4, 0.5) is 0 Å². The van der Waals surface area contributed by atoms with Gasteiger partial charge in [-0.2, -0.15) is 0 Å². The molecule has 0 radical (unpaired) electrons. The van der Waals surface area contributed by atoms with Gasteiger partial charge in [0.1, 0.15) is 0 Å². The first-order valence-corrected chi connectivity index (χ1v) is 3.39. The normalized spacial score (nSPS) is 15.6. The molecular weight excluding hydrogens is 132 g/mol. The summed E-state index contributed by atoms with van der Waals surface area (Å²) in [5, 5.41) is 10.4. The van der Waals surface area contributed by atoms with Crippen LogP contribution >= 0.6 is 0 Å². The van der Waals surface area contributed by atoms with E-state index in [0.29, 0.717) is 6.54 Å². The monoisotopic (exact) mass is 146 g/mol. The molecule has 1 fully saturated rings. The molecule has 0 aromatic carbocycles. The van der Waals surface area contributed by atoms with Gasteiger partial charge in [-0.1, -0.05) is 0 Å². The van der Waals surface area contributed by atoms with Crippen LogP contribution in [-0.2, 0) is 4.79 Å². The number of hydrogen-bond donors (Lipinski definition) is 3. The number of rotatable bonds is 1. The predicted molar refractivity (Wildman–Crippen MR) is 38.4 cm³/mol. The van der Waals surface area contributed by atoms with Gasteiger partial charge in [-0.25, -0.2) is 0 Å². The maximum absolute atomic E-state index is 10.1. The van der Waals surface area contributed by atoms with Crippen molar-refractivity contribution < 1.29 is 9.90 Å². The maximum atomic E-state index is 10.1. The zero-order valence-corrected chi connectivity index (χ0v) is 5.97. The number of hydrogen-bond acceptors (Lipinski definition) is 3. The van der Waals surface area contributed by atoms with Crippen molar-refractivity contribution in [2.75, 3.05) is 19.7 Å². The van der Waals surface area contributed by atoms with Crippen LogP contribution in [0.3, 0.4) is 0 Å². The van der Waals surface area contributed by atoms with Gasteiger partial charge in [0.05, 0.1) is 6.61 Å². The first kappa shape index (κ1) is 9.39. The summed E-state index contributed by atoms with van der Waals surface area (Å²) in [5.41, 5.74) is 4.78. The average Bonchev–Trinajstić information content (AvgIpc) is 2.40. The lowest BCUT2D eigenvalue weighted by Crippen LogP contribution is -2.12. The highest BCUT2D eigenvalue weighted by Gasteiger charge is 2.05. The molecule has 0 aromatic heterocycles. The van der Waals surface area contributed by atoms with E-state index in [1.807, 2.05) is 0 Å². The second-order valence-electron chi connectivity index (χ2n) is 1.97. The number of aliphatic hydroxyl groups is 1. The van der Waals surface area contributed by atoms with Crippen LogP contribution in [0.2, 0.25) is 0 Å². The van der Waals surface area contributed by atoms with E-state index in [-0.39, 0.29) is 12.5 Å². The van der Waals surface area contributed by atoms with Crippen LogP contribution < -0.4 is 11.1 Å². The van der Waals surface area contributed by atoms with Crippen LogP contribution in [0.15, 0.2) is 0 Å². The molecular formula is C6H14N2O2. The van der Waals surface area contributed by atoms with Crippen molar-refractivity contribution in [3.05, 3.63) is 0 Å². The summed E-state index contributed by atoms with van der Waals surface area (Å²) in [6, 6.07) is 0. The molecule has 1 aliphatic heterocycles. The van der Waals surface area contributed by atoms with Crippen LogP contribution in [0.5, 0.6) is 0 Å². The summed E-state index contributed by atoms with van der Waals surface area (Å²) in [6.07, 6.45) is 1.76. The summed E-state index contributed by atoms with van der Waals surface area (Å²) in [7, 11) is 0. The van der Waals surface area contributed by atoms with Crippen molar-refractivity contribution in [2.45, 2.75) is 12.8 Å². The summed E-state index contributed by atoms with van der Waals surface area (Å²) >= 11 is 0. The van der Waals surface area contributed by atoms with E-state index in [1.54, 1.807) is 0 Å². The Morgan fingerprint density at radius 2 is 2.30 bits per heavy atom. The van der Waals surface area contributed by atoms with E-state index in [9.17, 15) is 4.79 Å². The second-order valence-corrected chi connectivity index (χ2v) is 1.97. The minimum Gasteiger partial charge on any atom is -0.395 e. The minimum absolute atomic E-state index is 0.0972. The van der Waals surface area contributed by atoms with E-state index in [4.69, 9.17) is 10.8 Å². The van der Waals surface area contributed by atoms with E-state index >= 15 is 0 Å². The Kier molecular flexibility index (Phi) is 6.11. The Morgan fingerprint density at radius 3 is 2.40 bits per heavy atom.